The largest absolute Gasteiger partial charge is 0.361 e. The summed E-state index contributed by atoms with van der Waals surface area (Å²) in [4.78, 5) is 14.7. The average molecular weight is 231 g/mol. The van der Waals surface area contributed by atoms with Gasteiger partial charge in [0.15, 0.2) is 0 Å². The van der Waals surface area contributed by atoms with Crippen LogP contribution in [0.4, 0.5) is 5.69 Å². The molecule has 0 atom stereocenters. The van der Waals surface area contributed by atoms with Gasteiger partial charge in [0.2, 0.25) is 5.91 Å². The van der Waals surface area contributed by atoms with Crippen LogP contribution in [0.3, 0.4) is 0 Å². The maximum atomic E-state index is 11.6. The summed E-state index contributed by atoms with van der Waals surface area (Å²) in [6, 6.07) is 7.81. The summed E-state index contributed by atoms with van der Waals surface area (Å²) in [7, 11) is 0. The normalized spacial score (nSPS) is 10.6. The van der Waals surface area contributed by atoms with Crippen LogP contribution in [-0.4, -0.2) is 24.0 Å². The topological polar surface area (TPSA) is 56.9 Å². The van der Waals surface area contributed by atoms with E-state index in [4.69, 9.17) is 0 Å². The van der Waals surface area contributed by atoms with Crippen LogP contribution in [0.2, 0.25) is 0 Å². The van der Waals surface area contributed by atoms with Crippen LogP contribution in [-0.2, 0) is 4.79 Å². The Labute approximate surface area is 100 Å². The highest BCUT2D eigenvalue weighted by atomic mass is 16.1. The monoisotopic (exact) mass is 231 g/mol. The molecule has 0 aliphatic rings. The van der Waals surface area contributed by atoms with E-state index < -0.39 is 0 Å². The third-order valence-corrected chi connectivity index (χ3v) is 2.55. The molecule has 2 rings (SSSR count). The fourth-order valence-corrected chi connectivity index (χ4v) is 1.71. The molecule has 0 bridgehead atoms. The van der Waals surface area contributed by atoms with Gasteiger partial charge in [0, 0.05) is 22.8 Å². The van der Waals surface area contributed by atoms with Gasteiger partial charge in [-0.25, -0.2) is 0 Å². The van der Waals surface area contributed by atoms with Gasteiger partial charge in [-0.05, 0) is 37.2 Å². The van der Waals surface area contributed by atoms with Crippen LogP contribution in [0.25, 0.3) is 10.9 Å². The molecule has 90 valence electrons. The Bertz CT molecular complexity index is 504. The predicted molar refractivity (Wildman–Crippen MR) is 70.1 cm³/mol. The second-order valence-corrected chi connectivity index (χ2v) is 4.00. The zero-order valence-electron chi connectivity index (χ0n) is 9.92. The molecule has 1 amide bonds. The van der Waals surface area contributed by atoms with E-state index >= 15 is 0 Å². The third-order valence-electron chi connectivity index (χ3n) is 2.55. The Morgan fingerprint density at radius 1 is 1.35 bits per heavy atom. The maximum absolute atomic E-state index is 11.6. The first-order chi connectivity index (χ1) is 8.29. The van der Waals surface area contributed by atoms with Gasteiger partial charge in [0.1, 0.15) is 0 Å². The number of anilines is 1. The van der Waals surface area contributed by atoms with Gasteiger partial charge in [-0.2, -0.15) is 0 Å². The fourth-order valence-electron chi connectivity index (χ4n) is 1.71. The van der Waals surface area contributed by atoms with Crippen LogP contribution in [0, 0.1) is 0 Å². The van der Waals surface area contributed by atoms with Crippen LogP contribution in [0.15, 0.2) is 30.5 Å². The molecule has 0 saturated heterocycles. The molecule has 0 fully saturated rings. The van der Waals surface area contributed by atoms with Crippen molar-refractivity contribution in [3.8, 4) is 0 Å². The minimum absolute atomic E-state index is 0.00617. The summed E-state index contributed by atoms with van der Waals surface area (Å²) in [6.07, 6.45) is 2.92. The van der Waals surface area contributed by atoms with E-state index in [-0.39, 0.29) is 5.91 Å². The van der Waals surface area contributed by atoms with E-state index in [0.29, 0.717) is 6.54 Å². The lowest BCUT2D eigenvalue weighted by Gasteiger charge is -2.06. The number of nitrogens with one attached hydrogen (secondary N) is 3. The molecule has 2 aromatic rings. The predicted octanol–water partition coefficient (Wildman–Crippen LogP) is 2.11. The van der Waals surface area contributed by atoms with Crippen LogP contribution in [0.1, 0.15) is 13.3 Å². The highest BCUT2D eigenvalue weighted by molar-refractivity contribution is 5.94. The first kappa shape index (κ1) is 11.7. The Morgan fingerprint density at radius 3 is 3.06 bits per heavy atom. The Balaban J connectivity index is 1.95. The molecule has 0 spiro atoms. The number of aromatic amines is 1. The molecule has 0 aliphatic heterocycles. The van der Waals surface area contributed by atoms with E-state index in [2.05, 4.69) is 22.5 Å². The molecule has 4 heteroatoms. The molecule has 0 radical (unpaired) electrons. The zero-order chi connectivity index (χ0) is 12.1. The molecular formula is C13H17N3O. The molecular weight excluding hydrogens is 214 g/mol. The quantitative estimate of drug-likeness (QED) is 0.690. The van der Waals surface area contributed by atoms with Gasteiger partial charge in [-0.3, -0.25) is 4.79 Å². The van der Waals surface area contributed by atoms with E-state index in [1.165, 1.54) is 0 Å². The SMILES string of the molecule is CCCNCC(=O)Nc1ccc2[nH]ccc2c1. The van der Waals surface area contributed by atoms with Gasteiger partial charge in [0.05, 0.1) is 6.54 Å². The van der Waals surface area contributed by atoms with E-state index in [0.717, 1.165) is 29.6 Å². The van der Waals surface area contributed by atoms with E-state index in [1.807, 2.05) is 30.5 Å². The smallest absolute Gasteiger partial charge is 0.238 e. The number of aromatic nitrogens is 1. The molecule has 1 aromatic carbocycles. The van der Waals surface area contributed by atoms with Crippen molar-refractivity contribution in [3.05, 3.63) is 30.5 Å². The Morgan fingerprint density at radius 2 is 2.24 bits per heavy atom. The Kier molecular flexibility index (Phi) is 3.77. The summed E-state index contributed by atoms with van der Waals surface area (Å²) in [5.41, 5.74) is 1.91. The van der Waals surface area contributed by atoms with Crippen LogP contribution in [0.5, 0.6) is 0 Å². The fraction of sp³-hybridized carbons (Fsp3) is 0.308. The molecule has 0 aliphatic carbocycles. The van der Waals surface area contributed by atoms with Crippen LogP contribution >= 0.6 is 0 Å². The minimum atomic E-state index is -0.00617. The number of rotatable bonds is 5. The standard InChI is InChI=1S/C13H17N3O/c1-2-6-14-9-13(17)16-11-3-4-12-10(8-11)5-7-15-12/h3-5,7-8,14-15H,2,6,9H2,1H3,(H,16,17). The van der Waals surface area contributed by atoms with Gasteiger partial charge in [-0.1, -0.05) is 6.92 Å². The Hall–Kier alpha value is -1.81. The second kappa shape index (κ2) is 5.50. The van der Waals surface area contributed by atoms with Crippen molar-refractivity contribution in [2.45, 2.75) is 13.3 Å². The first-order valence-electron chi connectivity index (χ1n) is 5.87. The number of carbonyl (C=O) groups is 1. The van der Waals surface area contributed by atoms with Crippen molar-refractivity contribution in [3.63, 3.8) is 0 Å². The van der Waals surface area contributed by atoms with Gasteiger partial charge in [0.25, 0.3) is 0 Å². The van der Waals surface area contributed by atoms with E-state index in [9.17, 15) is 4.79 Å². The van der Waals surface area contributed by atoms with Gasteiger partial charge < -0.3 is 15.6 Å². The van der Waals surface area contributed by atoms with Crippen molar-refractivity contribution in [2.24, 2.45) is 0 Å². The molecule has 1 heterocycles. The second-order valence-electron chi connectivity index (χ2n) is 4.00. The van der Waals surface area contributed by atoms with E-state index in [1.54, 1.807) is 0 Å². The number of carbonyl (C=O) groups excluding carboxylic acids is 1. The highest BCUT2D eigenvalue weighted by Gasteiger charge is 2.02. The summed E-state index contributed by atoms with van der Waals surface area (Å²) in [5.74, 6) is -0.00617. The number of H-pyrrole nitrogens is 1. The number of fused-ring (bicyclic) bond motifs is 1. The summed E-state index contributed by atoms with van der Waals surface area (Å²) < 4.78 is 0. The molecule has 17 heavy (non-hydrogen) atoms. The lowest BCUT2D eigenvalue weighted by Crippen LogP contribution is -2.28. The van der Waals surface area contributed by atoms with Crippen molar-refractivity contribution in [2.75, 3.05) is 18.4 Å². The zero-order valence-corrected chi connectivity index (χ0v) is 9.92. The third kappa shape index (κ3) is 3.07. The summed E-state index contributed by atoms with van der Waals surface area (Å²) >= 11 is 0. The molecule has 0 unspecified atom stereocenters. The molecule has 1 aromatic heterocycles. The molecule has 0 saturated carbocycles. The first-order valence-corrected chi connectivity index (χ1v) is 5.87. The van der Waals surface area contributed by atoms with Crippen molar-refractivity contribution < 1.29 is 4.79 Å². The summed E-state index contributed by atoms with van der Waals surface area (Å²) in [5, 5.41) is 7.04. The minimum Gasteiger partial charge on any atom is -0.361 e. The van der Waals surface area contributed by atoms with Gasteiger partial charge >= 0.3 is 0 Å². The highest BCUT2D eigenvalue weighted by Crippen LogP contribution is 2.17. The average Bonchev–Trinajstić information content (AvgIpc) is 2.76. The van der Waals surface area contributed by atoms with Crippen molar-refractivity contribution >= 4 is 22.5 Å². The lowest BCUT2D eigenvalue weighted by atomic mass is 10.2. The number of hydrogen-bond donors (Lipinski definition) is 3. The lowest BCUT2D eigenvalue weighted by molar-refractivity contribution is -0.115. The number of amides is 1. The number of benzene rings is 1. The number of hydrogen-bond acceptors (Lipinski definition) is 2. The molecule has 3 N–H and O–H groups in total. The maximum Gasteiger partial charge on any atom is 0.238 e. The summed E-state index contributed by atoms with van der Waals surface area (Å²) in [6.45, 7) is 3.30. The molecule has 4 nitrogen and oxygen atoms in total. The van der Waals surface area contributed by atoms with Crippen molar-refractivity contribution in [1.82, 2.24) is 10.3 Å². The van der Waals surface area contributed by atoms with Crippen molar-refractivity contribution in [1.29, 1.82) is 0 Å². The van der Waals surface area contributed by atoms with Gasteiger partial charge in [-0.15, -0.1) is 0 Å². The van der Waals surface area contributed by atoms with Crippen LogP contribution < -0.4 is 10.6 Å².